The number of ether oxygens (including phenoxy) is 2. The topological polar surface area (TPSA) is 74.4 Å². The lowest BCUT2D eigenvalue weighted by Gasteiger charge is -2.44. The fourth-order valence-corrected chi connectivity index (χ4v) is 4.58. The lowest BCUT2D eigenvalue weighted by molar-refractivity contribution is -0.00813. The quantitative estimate of drug-likeness (QED) is 0.664. The van der Waals surface area contributed by atoms with Crippen molar-refractivity contribution in [1.82, 2.24) is 24.2 Å². The van der Waals surface area contributed by atoms with Crippen LogP contribution >= 0.6 is 0 Å². The second-order valence-electron chi connectivity index (χ2n) is 7.85. The van der Waals surface area contributed by atoms with Crippen molar-refractivity contribution in [2.45, 2.75) is 25.0 Å². The van der Waals surface area contributed by atoms with E-state index in [-0.39, 0.29) is 5.91 Å². The molecule has 3 aromatic rings. The molecule has 1 amide bonds. The fraction of sp³-hybridized carbons (Fsp3) is 0.409. The summed E-state index contributed by atoms with van der Waals surface area (Å²) in [5.74, 6) is 0.863. The van der Waals surface area contributed by atoms with Gasteiger partial charge in [-0.3, -0.25) is 9.48 Å². The predicted molar refractivity (Wildman–Crippen MR) is 110 cm³/mol. The summed E-state index contributed by atoms with van der Waals surface area (Å²) in [5.41, 5.74) is 3.18. The van der Waals surface area contributed by atoms with Crippen LogP contribution < -0.4 is 4.74 Å². The number of rotatable bonds is 4. The Kier molecular flexibility index (Phi) is 4.58. The van der Waals surface area contributed by atoms with Crippen LogP contribution in [0.2, 0.25) is 0 Å². The largest absolute Gasteiger partial charge is 0.480 e. The van der Waals surface area contributed by atoms with Gasteiger partial charge in [0.05, 0.1) is 24.3 Å². The average Bonchev–Trinajstić information content (AvgIpc) is 3.39. The summed E-state index contributed by atoms with van der Waals surface area (Å²) < 4.78 is 15.7. The van der Waals surface area contributed by atoms with Gasteiger partial charge in [0, 0.05) is 58.4 Å². The second-order valence-corrected chi connectivity index (χ2v) is 7.85. The van der Waals surface area contributed by atoms with Crippen LogP contribution in [0.25, 0.3) is 11.3 Å². The van der Waals surface area contributed by atoms with E-state index in [0.29, 0.717) is 44.8 Å². The van der Waals surface area contributed by atoms with E-state index >= 15 is 0 Å². The Morgan fingerprint density at radius 1 is 1.23 bits per heavy atom. The van der Waals surface area contributed by atoms with Crippen molar-refractivity contribution < 1.29 is 14.3 Å². The van der Waals surface area contributed by atoms with Gasteiger partial charge < -0.3 is 18.9 Å². The van der Waals surface area contributed by atoms with Gasteiger partial charge >= 0.3 is 0 Å². The molecule has 2 aromatic heterocycles. The van der Waals surface area contributed by atoms with Crippen LogP contribution in [0, 0.1) is 0 Å². The molecule has 5 rings (SSSR count). The Morgan fingerprint density at radius 2 is 2.03 bits per heavy atom. The molecular formula is C22H25N5O3. The highest BCUT2D eigenvalue weighted by Crippen LogP contribution is 2.49. The number of aryl methyl sites for hydroxylation is 1. The number of carbonyl (C=O) groups is 1. The van der Waals surface area contributed by atoms with Crippen molar-refractivity contribution in [2.24, 2.45) is 7.05 Å². The molecule has 1 aromatic carbocycles. The van der Waals surface area contributed by atoms with E-state index in [1.54, 1.807) is 31.1 Å². The molecule has 1 saturated heterocycles. The Balaban J connectivity index is 1.47. The summed E-state index contributed by atoms with van der Waals surface area (Å²) >= 11 is 0. The third-order valence-corrected chi connectivity index (χ3v) is 6.15. The summed E-state index contributed by atoms with van der Waals surface area (Å²) in [6.45, 7) is 2.54. The molecule has 2 aliphatic heterocycles. The fourth-order valence-electron chi connectivity index (χ4n) is 4.58. The maximum atomic E-state index is 12.9. The number of hydrogen-bond acceptors (Lipinski definition) is 5. The molecule has 0 saturated carbocycles. The summed E-state index contributed by atoms with van der Waals surface area (Å²) in [6.07, 6.45) is 4.94. The second kappa shape index (κ2) is 7.28. The van der Waals surface area contributed by atoms with Gasteiger partial charge in [0.2, 0.25) is 0 Å². The number of benzene rings is 1. The average molecular weight is 407 g/mol. The van der Waals surface area contributed by atoms with Crippen LogP contribution in [-0.4, -0.2) is 56.9 Å². The number of imidazole rings is 1. The Hall–Kier alpha value is -3.13. The van der Waals surface area contributed by atoms with Gasteiger partial charge in [0.15, 0.2) is 5.60 Å². The minimum atomic E-state index is -0.503. The van der Waals surface area contributed by atoms with Gasteiger partial charge in [-0.05, 0) is 18.2 Å². The van der Waals surface area contributed by atoms with Gasteiger partial charge in [-0.25, -0.2) is 4.98 Å². The molecule has 0 radical (unpaired) electrons. The van der Waals surface area contributed by atoms with Gasteiger partial charge in [0.1, 0.15) is 11.4 Å². The third-order valence-electron chi connectivity index (χ3n) is 6.15. The van der Waals surface area contributed by atoms with Crippen molar-refractivity contribution in [2.75, 3.05) is 26.8 Å². The highest BCUT2D eigenvalue weighted by Gasteiger charge is 2.47. The highest BCUT2D eigenvalue weighted by molar-refractivity contribution is 5.92. The van der Waals surface area contributed by atoms with Crippen LogP contribution in [0.3, 0.4) is 0 Å². The molecule has 0 aliphatic carbocycles. The summed E-state index contributed by atoms with van der Waals surface area (Å²) in [4.78, 5) is 19.6. The minimum Gasteiger partial charge on any atom is -0.480 e. The smallest absolute Gasteiger partial charge is 0.272 e. The van der Waals surface area contributed by atoms with E-state index < -0.39 is 5.60 Å². The summed E-state index contributed by atoms with van der Waals surface area (Å²) in [5, 5.41) is 4.12. The number of methoxy groups -OCH3 is 1. The molecule has 1 spiro atoms. The number of fused-ring (bicyclic) bond motifs is 4. The molecular weight excluding hydrogens is 382 g/mol. The Morgan fingerprint density at radius 3 is 2.77 bits per heavy atom. The van der Waals surface area contributed by atoms with Gasteiger partial charge in [-0.2, -0.15) is 5.10 Å². The monoisotopic (exact) mass is 407 g/mol. The number of piperidine rings is 1. The van der Waals surface area contributed by atoms with E-state index in [1.807, 2.05) is 29.4 Å². The Labute approximate surface area is 175 Å². The molecule has 2 aliphatic rings. The third kappa shape index (κ3) is 2.90. The first kappa shape index (κ1) is 18.9. The highest BCUT2D eigenvalue weighted by atomic mass is 16.5. The summed E-state index contributed by atoms with van der Waals surface area (Å²) in [7, 11) is 3.49. The minimum absolute atomic E-state index is 0.00849. The molecule has 0 unspecified atom stereocenters. The van der Waals surface area contributed by atoms with Gasteiger partial charge in [-0.15, -0.1) is 0 Å². The van der Waals surface area contributed by atoms with Crippen LogP contribution in [-0.2, 0) is 23.9 Å². The number of nitrogens with zero attached hydrogens (tertiary/aromatic N) is 5. The van der Waals surface area contributed by atoms with E-state index in [4.69, 9.17) is 14.5 Å². The molecule has 4 heterocycles. The number of hydrogen-bond donors (Lipinski definition) is 0. The number of carbonyl (C=O) groups excluding carboxylic acids is 1. The van der Waals surface area contributed by atoms with Crippen LogP contribution in [0.4, 0.5) is 0 Å². The zero-order valence-electron chi connectivity index (χ0n) is 17.2. The lowest BCUT2D eigenvalue weighted by atomic mass is 9.83. The number of para-hydroxylation sites is 1. The van der Waals surface area contributed by atoms with Gasteiger partial charge in [0.25, 0.3) is 5.91 Å². The molecule has 1 fully saturated rings. The van der Waals surface area contributed by atoms with Crippen molar-refractivity contribution in [1.29, 1.82) is 0 Å². The summed E-state index contributed by atoms with van der Waals surface area (Å²) in [6, 6.07) is 9.81. The maximum Gasteiger partial charge on any atom is 0.272 e. The van der Waals surface area contributed by atoms with E-state index in [2.05, 4.69) is 15.7 Å². The van der Waals surface area contributed by atoms with Gasteiger partial charge in [-0.1, -0.05) is 12.1 Å². The lowest BCUT2D eigenvalue weighted by Crippen LogP contribution is -2.50. The number of amides is 1. The van der Waals surface area contributed by atoms with Crippen molar-refractivity contribution in [3.63, 3.8) is 0 Å². The Bertz CT molecular complexity index is 1080. The van der Waals surface area contributed by atoms with E-state index in [9.17, 15) is 4.79 Å². The molecule has 0 N–H and O–H groups in total. The zero-order chi connectivity index (χ0) is 20.7. The van der Waals surface area contributed by atoms with Crippen LogP contribution in [0.5, 0.6) is 5.75 Å². The van der Waals surface area contributed by atoms with E-state index in [1.165, 1.54) is 0 Å². The number of likely N-dealkylation sites (tertiary alicyclic amines) is 1. The van der Waals surface area contributed by atoms with Crippen molar-refractivity contribution in [3.05, 3.63) is 54.2 Å². The standard InChI is InChI=1S/C22H25N5O3/c1-25-17(7-10-24-25)21(28)26-11-8-22(9-12-26)20-19(23-15-27(20)13-14-29-2)16-5-3-4-6-18(16)30-22/h3-7,10,15H,8-9,11-14H2,1-2H3. The first-order chi connectivity index (χ1) is 14.6. The number of aromatic nitrogens is 4. The molecule has 0 bridgehead atoms. The zero-order valence-corrected chi connectivity index (χ0v) is 17.2. The molecule has 8 nitrogen and oxygen atoms in total. The predicted octanol–water partition coefficient (Wildman–Crippen LogP) is 2.45. The molecule has 30 heavy (non-hydrogen) atoms. The molecule has 8 heteroatoms. The van der Waals surface area contributed by atoms with Crippen molar-refractivity contribution in [3.8, 4) is 17.0 Å². The first-order valence-electron chi connectivity index (χ1n) is 10.2. The maximum absolute atomic E-state index is 12.9. The van der Waals surface area contributed by atoms with Crippen molar-refractivity contribution >= 4 is 5.91 Å². The molecule has 156 valence electrons. The first-order valence-corrected chi connectivity index (χ1v) is 10.2. The normalized spacial score (nSPS) is 16.8. The van der Waals surface area contributed by atoms with Crippen LogP contribution in [0.1, 0.15) is 29.0 Å². The van der Waals surface area contributed by atoms with E-state index in [0.717, 1.165) is 22.7 Å². The SMILES string of the molecule is COCCn1cnc2c1C1(CCN(C(=O)c3ccnn3C)CC1)Oc1ccccc1-2. The van der Waals surface area contributed by atoms with Crippen LogP contribution in [0.15, 0.2) is 42.9 Å². The molecule has 0 atom stereocenters.